The Kier molecular flexibility index (Phi) is 7.24. The SMILES string of the molecule is CCC1CCOc2nc(-c3cc(N)cc(Cl)c3C(F)(F)F)c(F)c3nc(OC[C@@]45CCCN4C[C@H](F)C5)nc(c23)N1C. The molecule has 3 aliphatic heterocycles. The first-order chi connectivity index (χ1) is 19.9. The highest BCUT2D eigenvalue weighted by Crippen LogP contribution is 2.46. The van der Waals surface area contributed by atoms with Crippen LogP contribution in [0, 0.1) is 5.82 Å². The first-order valence-electron chi connectivity index (χ1n) is 13.9. The Labute approximate surface area is 244 Å². The van der Waals surface area contributed by atoms with E-state index in [1.54, 1.807) is 7.05 Å². The van der Waals surface area contributed by atoms with Gasteiger partial charge in [0.2, 0.25) is 5.88 Å². The van der Waals surface area contributed by atoms with E-state index in [2.05, 4.69) is 19.9 Å². The van der Waals surface area contributed by atoms with E-state index in [-0.39, 0.29) is 53.6 Å². The van der Waals surface area contributed by atoms with Crippen molar-refractivity contribution in [1.29, 1.82) is 0 Å². The van der Waals surface area contributed by atoms with E-state index in [4.69, 9.17) is 26.8 Å². The molecule has 0 saturated carbocycles. The van der Waals surface area contributed by atoms with Gasteiger partial charge in [0.05, 0.1) is 22.7 Å². The van der Waals surface area contributed by atoms with Gasteiger partial charge >= 0.3 is 12.2 Å². The molecule has 5 heterocycles. The lowest BCUT2D eigenvalue weighted by atomic mass is 9.95. The van der Waals surface area contributed by atoms with Crippen molar-refractivity contribution < 1.29 is 31.4 Å². The topological polar surface area (TPSA) is 89.6 Å². The number of benzene rings is 1. The van der Waals surface area contributed by atoms with Crippen LogP contribution in [0.4, 0.5) is 33.5 Å². The van der Waals surface area contributed by atoms with Crippen molar-refractivity contribution in [2.75, 3.05) is 44.0 Å². The number of halogens is 6. The Morgan fingerprint density at radius 1 is 1.24 bits per heavy atom. The monoisotopic (exact) mass is 612 g/mol. The van der Waals surface area contributed by atoms with Gasteiger partial charge in [-0.15, -0.1) is 0 Å². The van der Waals surface area contributed by atoms with Gasteiger partial charge in [0, 0.05) is 43.7 Å². The van der Waals surface area contributed by atoms with E-state index in [9.17, 15) is 17.6 Å². The molecule has 6 rings (SSSR count). The van der Waals surface area contributed by atoms with Crippen molar-refractivity contribution in [2.45, 2.75) is 63.0 Å². The maximum Gasteiger partial charge on any atom is 0.418 e. The zero-order chi connectivity index (χ0) is 30.0. The average Bonchev–Trinajstić information content (AvgIpc) is 3.44. The number of alkyl halides is 4. The fraction of sp³-hybridized carbons (Fsp3) is 0.536. The summed E-state index contributed by atoms with van der Waals surface area (Å²) in [6, 6.07) is 1.71. The summed E-state index contributed by atoms with van der Waals surface area (Å²) in [7, 11) is 1.79. The van der Waals surface area contributed by atoms with Gasteiger partial charge in [-0.25, -0.2) is 13.8 Å². The summed E-state index contributed by atoms with van der Waals surface area (Å²) in [6.45, 7) is 3.34. The summed E-state index contributed by atoms with van der Waals surface area (Å²) in [5, 5.41) is -0.582. The molecule has 0 spiro atoms. The van der Waals surface area contributed by atoms with Gasteiger partial charge in [0.15, 0.2) is 5.82 Å². The molecule has 2 N–H and O–H groups in total. The van der Waals surface area contributed by atoms with E-state index in [0.717, 1.165) is 37.9 Å². The summed E-state index contributed by atoms with van der Waals surface area (Å²) in [4.78, 5) is 17.1. The number of nitrogens with two attached hydrogens (primary N) is 1. The predicted octanol–water partition coefficient (Wildman–Crippen LogP) is 6.04. The average molecular weight is 613 g/mol. The van der Waals surface area contributed by atoms with Crippen molar-refractivity contribution in [2.24, 2.45) is 0 Å². The molecule has 3 atom stereocenters. The number of aromatic nitrogens is 3. The molecule has 226 valence electrons. The zero-order valence-corrected chi connectivity index (χ0v) is 23.8. The standard InChI is InChI=1S/C28H30ClF5N6O2/c1-3-16-5-8-41-25-19-23(21(31)22(36-25)17-9-15(35)10-18(29)20(17)28(32,33)34)37-26(38-24(19)39(16)2)42-13-27-6-4-7-40(27)12-14(30)11-27/h9-10,14,16H,3-8,11-13,35H2,1-2H3/t14-,16?,27+/m1/s1. The van der Waals surface area contributed by atoms with Crippen LogP contribution in [-0.2, 0) is 6.18 Å². The minimum Gasteiger partial charge on any atom is -0.477 e. The molecule has 8 nitrogen and oxygen atoms in total. The third-order valence-corrected chi connectivity index (χ3v) is 8.94. The second kappa shape index (κ2) is 10.5. The molecule has 42 heavy (non-hydrogen) atoms. The highest BCUT2D eigenvalue weighted by molar-refractivity contribution is 6.32. The van der Waals surface area contributed by atoms with Gasteiger partial charge in [-0.2, -0.15) is 23.1 Å². The quantitative estimate of drug-likeness (QED) is 0.276. The number of rotatable bonds is 5. The van der Waals surface area contributed by atoms with Gasteiger partial charge in [-0.1, -0.05) is 18.5 Å². The minimum absolute atomic E-state index is 0.0394. The lowest BCUT2D eigenvalue weighted by Gasteiger charge is -2.33. The number of fused-ring (bicyclic) bond motifs is 1. The maximum atomic E-state index is 16.4. The molecule has 1 unspecified atom stereocenters. The van der Waals surface area contributed by atoms with Crippen LogP contribution in [0.3, 0.4) is 0 Å². The summed E-state index contributed by atoms with van der Waals surface area (Å²) in [6.07, 6.45) is -2.69. The first-order valence-corrected chi connectivity index (χ1v) is 14.2. The Hall–Kier alpha value is -3.19. The van der Waals surface area contributed by atoms with E-state index in [1.165, 1.54) is 0 Å². The lowest BCUT2D eigenvalue weighted by molar-refractivity contribution is -0.137. The number of nitrogens with zero attached hydrogens (tertiary/aromatic N) is 5. The van der Waals surface area contributed by atoms with E-state index >= 15 is 4.39 Å². The highest BCUT2D eigenvalue weighted by atomic mass is 35.5. The molecule has 14 heteroatoms. The molecule has 0 amide bonds. The van der Waals surface area contributed by atoms with Gasteiger partial charge in [-0.3, -0.25) is 4.90 Å². The fourth-order valence-electron chi connectivity index (χ4n) is 6.59. The number of hydrogen-bond acceptors (Lipinski definition) is 8. The highest BCUT2D eigenvalue weighted by Gasteiger charge is 2.49. The molecule has 0 bridgehead atoms. The molecule has 0 radical (unpaired) electrons. The summed E-state index contributed by atoms with van der Waals surface area (Å²) >= 11 is 5.97. The van der Waals surface area contributed by atoms with E-state index < -0.39 is 45.5 Å². The van der Waals surface area contributed by atoms with Gasteiger partial charge in [-0.05, 0) is 37.9 Å². The zero-order valence-electron chi connectivity index (χ0n) is 23.1. The van der Waals surface area contributed by atoms with E-state index in [1.807, 2.05) is 11.8 Å². The second-order valence-corrected chi connectivity index (χ2v) is 11.6. The van der Waals surface area contributed by atoms with Crippen molar-refractivity contribution in [3.63, 3.8) is 0 Å². The molecule has 2 aromatic heterocycles. The molecular weight excluding hydrogens is 583 g/mol. The third kappa shape index (κ3) is 4.83. The van der Waals surface area contributed by atoms with Crippen LogP contribution in [0.5, 0.6) is 11.9 Å². The van der Waals surface area contributed by atoms with Crippen molar-refractivity contribution in [3.05, 3.63) is 28.5 Å². The Morgan fingerprint density at radius 2 is 2.02 bits per heavy atom. The minimum atomic E-state index is -4.93. The molecule has 2 fully saturated rings. The maximum absolute atomic E-state index is 16.4. The van der Waals surface area contributed by atoms with E-state index in [0.29, 0.717) is 19.4 Å². The van der Waals surface area contributed by atoms with Crippen molar-refractivity contribution >= 4 is 34.0 Å². The van der Waals surface area contributed by atoms with Crippen LogP contribution < -0.4 is 20.1 Å². The van der Waals surface area contributed by atoms with Gasteiger partial charge < -0.3 is 20.1 Å². The van der Waals surface area contributed by atoms with Gasteiger partial charge in [0.25, 0.3) is 0 Å². The molecule has 0 aliphatic carbocycles. The summed E-state index contributed by atoms with van der Waals surface area (Å²) in [5.41, 5.74) is 2.31. The molecule has 2 saturated heterocycles. The molecule has 3 aliphatic rings. The third-order valence-electron chi connectivity index (χ3n) is 8.64. The molecule has 3 aromatic rings. The lowest BCUT2D eigenvalue weighted by Crippen LogP contribution is -2.43. The number of ether oxygens (including phenoxy) is 2. The Morgan fingerprint density at radius 3 is 2.76 bits per heavy atom. The largest absolute Gasteiger partial charge is 0.477 e. The van der Waals surface area contributed by atoms with Crippen LogP contribution in [0.2, 0.25) is 5.02 Å². The summed E-state index contributed by atoms with van der Waals surface area (Å²) in [5.74, 6) is -0.982. The fourth-order valence-corrected chi connectivity index (χ4v) is 6.93. The number of anilines is 2. The molecular formula is C28H30ClF5N6O2. The number of nitrogen functional groups attached to an aromatic ring is 1. The Bertz CT molecular complexity index is 1540. The molecule has 1 aromatic carbocycles. The smallest absolute Gasteiger partial charge is 0.418 e. The van der Waals surface area contributed by atoms with Crippen LogP contribution in [0.15, 0.2) is 12.1 Å². The van der Waals surface area contributed by atoms with Crippen molar-refractivity contribution in [3.8, 4) is 23.1 Å². The number of hydrogen-bond donors (Lipinski definition) is 1. The second-order valence-electron chi connectivity index (χ2n) is 11.2. The summed E-state index contributed by atoms with van der Waals surface area (Å²) < 4.78 is 85.2. The number of pyridine rings is 1. The van der Waals surface area contributed by atoms with Crippen molar-refractivity contribution in [1.82, 2.24) is 19.9 Å². The van der Waals surface area contributed by atoms with Crippen LogP contribution in [-0.4, -0.2) is 71.0 Å². The van der Waals surface area contributed by atoms with Gasteiger partial charge in [0.1, 0.15) is 35.2 Å². The van der Waals surface area contributed by atoms with Crippen LogP contribution >= 0.6 is 11.6 Å². The first kappa shape index (κ1) is 28.9. The predicted molar refractivity (Wildman–Crippen MR) is 148 cm³/mol. The normalized spacial score (nSPS) is 24.4. The van der Waals surface area contributed by atoms with Crippen LogP contribution in [0.25, 0.3) is 22.2 Å². The Balaban J connectivity index is 1.54. The van der Waals surface area contributed by atoms with Crippen LogP contribution in [0.1, 0.15) is 44.6 Å².